The summed E-state index contributed by atoms with van der Waals surface area (Å²) in [6.07, 6.45) is -1.42. The molecule has 0 aliphatic carbocycles. The van der Waals surface area contributed by atoms with Crippen LogP contribution in [0.5, 0.6) is 0 Å². The number of unbranched alkanes of at least 4 members (excludes halogenated alkanes) is 1. The summed E-state index contributed by atoms with van der Waals surface area (Å²) >= 11 is 3.42. The fourth-order valence-electron chi connectivity index (χ4n) is 2.83. The third-order valence-electron chi connectivity index (χ3n) is 4.23. The Morgan fingerprint density at radius 3 is 2.72 bits per heavy atom. The monoisotopic (exact) mass is 466 g/mol. The zero-order valence-corrected chi connectivity index (χ0v) is 17.1. The summed E-state index contributed by atoms with van der Waals surface area (Å²) in [7, 11) is 0. The molecule has 3 aromatic rings. The number of pyridine rings is 2. The van der Waals surface area contributed by atoms with E-state index in [0.29, 0.717) is 17.7 Å². The van der Waals surface area contributed by atoms with Gasteiger partial charge in [-0.3, -0.25) is 15.2 Å². The molecule has 0 fully saturated rings. The summed E-state index contributed by atoms with van der Waals surface area (Å²) in [5, 5.41) is 3.24. The minimum Gasteiger partial charge on any atom is -0.293 e. The molecule has 5 nitrogen and oxygen atoms in total. The van der Waals surface area contributed by atoms with E-state index in [-0.39, 0.29) is 5.82 Å². The zero-order valence-electron chi connectivity index (χ0n) is 15.5. The van der Waals surface area contributed by atoms with Gasteiger partial charge in [-0.25, -0.2) is 9.78 Å². The number of aromatic nitrogens is 2. The van der Waals surface area contributed by atoms with Crippen molar-refractivity contribution in [2.75, 3.05) is 16.8 Å². The van der Waals surface area contributed by atoms with Crippen LogP contribution in [0.3, 0.4) is 0 Å². The Kier molecular flexibility index (Phi) is 6.36. The highest BCUT2D eigenvalue weighted by Gasteiger charge is 2.32. The predicted octanol–water partition coefficient (Wildman–Crippen LogP) is 6.25. The molecule has 9 heteroatoms. The van der Waals surface area contributed by atoms with Crippen molar-refractivity contribution in [2.45, 2.75) is 25.9 Å². The number of carbonyl (C=O) groups is 1. The topological polar surface area (TPSA) is 58.1 Å². The van der Waals surface area contributed by atoms with Crippen molar-refractivity contribution in [1.29, 1.82) is 0 Å². The van der Waals surface area contributed by atoms with Crippen LogP contribution in [0.1, 0.15) is 25.5 Å². The summed E-state index contributed by atoms with van der Waals surface area (Å²) in [6, 6.07) is 10.1. The van der Waals surface area contributed by atoms with E-state index in [2.05, 4.69) is 31.2 Å². The lowest BCUT2D eigenvalue weighted by Gasteiger charge is -2.24. The number of rotatable bonds is 5. The third-order valence-corrected chi connectivity index (χ3v) is 4.72. The maximum atomic E-state index is 13.0. The number of amides is 2. The minimum atomic E-state index is -4.59. The second kappa shape index (κ2) is 8.77. The summed E-state index contributed by atoms with van der Waals surface area (Å²) < 4.78 is 39.6. The molecule has 0 radical (unpaired) electrons. The van der Waals surface area contributed by atoms with Crippen LogP contribution in [0.2, 0.25) is 0 Å². The number of fused-ring (bicyclic) bond motifs is 1. The summed E-state index contributed by atoms with van der Waals surface area (Å²) in [5.41, 5.74) is 0.264. The predicted molar refractivity (Wildman–Crippen MR) is 110 cm³/mol. The second-order valence-corrected chi connectivity index (χ2v) is 7.25. The van der Waals surface area contributed by atoms with E-state index in [0.717, 1.165) is 28.8 Å². The lowest BCUT2D eigenvalue weighted by atomic mass is 10.1. The second-order valence-electron chi connectivity index (χ2n) is 6.33. The van der Waals surface area contributed by atoms with E-state index in [9.17, 15) is 18.0 Å². The minimum absolute atomic E-state index is 0.161. The first-order valence-electron chi connectivity index (χ1n) is 8.96. The third kappa shape index (κ3) is 5.03. The van der Waals surface area contributed by atoms with E-state index in [1.165, 1.54) is 17.0 Å². The molecular formula is C20H18BrF3N4O. The van der Waals surface area contributed by atoms with Gasteiger partial charge in [0.15, 0.2) is 0 Å². The average molecular weight is 467 g/mol. The van der Waals surface area contributed by atoms with Gasteiger partial charge in [0.05, 0.1) is 11.2 Å². The SMILES string of the molecule is CCCCN(C(=O)Nc1cccc(C(F)(F)F)n1)c1ccnc2ccc(Br)cc12. The van der Waals surface area contributed by atoms with Crippen molar-refractivity contribution < 1.29 is 18.0 Å². The Hall–Kier alpha value is -2.68. The first-order chi connectivity index (χ1) is 13.8. The van der Waals surface area contributed by atoms with Crippen LogP contribution in [0.25, 0.3) is 10.9 Å². The number of carbonyl (C=O) groups excluding carboxylic acids is 1. The van der Waals surface area contributed by atoms with E-state index in [1.54, 1.807) is 12.3 Å². The molecule has 0 aliphatic rings. The van der Waals surface area contributed by atoms with Crippen LogP contribution in [0.15, 0.2) is 53.1 Å². The first-order valence-corrected chi connectivity index (χ1v) is 9.76. The van der Waals surface area contributed by atoms with Crippen LogP contribution in [0, 0.1) is 0 Å². The van der Waals surface area contributed by atoms with Crippen LogP contribution >= 0.6 is 15.9 Å². The van der Waals surface area contributed by atoms with Gasteiger partial charge >= 0.3 is 12.2 Å². The molecule has 3 rings (SSSR count). The van der Waals surface area contributed by atoms with Crippen molar-refractivity contribution in [1.82, 2.24) is 9.97 Å². The van der Waals surface area contributed by atoms with Gasteiger partial charge in [-0.05, 0) is 42.8 Å². The number of anilines is 2. The molecule has 1 aromatic carbocycles. The molecule has 0 bridgehead atoms. The van der Waals surface area contributed by atoms with Crippen molar-refractivity contribution in [3.8, 4) is 0 Å². The highest BCUT2D eigenvalue weighted by atomic mass is 79.9. The summed E-state index contributed by atoms with van der Waals surface area (Å²) in [5.74, 6) is -0.161. The van der Waals surface area contributed by atoms with Gasteiger partial charge in [0, 0.05) is 22.6 Å². The Balaban J connectivity index is 1.96. The van der Waals surface area contributed by atoms with Crippen molar-refractivity contribution in [3.63, 3.8) is 0 Å². The fraction of sp³-hybridized carbons (Fsp3) is 0.250. The van der Waals surface area contributed by atoms with Crippen LogP contribution in [-0.2, 0) is 6.18 Å². The Labute approximate surface area is 174 Å². The smallest absolute Gasteiger partial charge is 0.293 e. The molecule has 0 saturated heterocycles. The van der Waals surface area contributed by atoms with Gasteiger partial charge in [-0.15, -0.1) is 0 Å². The number of hydrogen-bond donors (Lipinski definition) is 1. The maximum absolute atomic E-state index is 13.0. The van der Waals surface area contributed by atoms with Crippen LogP contribution in [-0.4, -0.2) is 22.5 Å². The van der Waals surface area contributed by atoms with Crippen LogP contribution in [0.4, 0.5) is 29.5 Å². The Morgan fingerprint density at radius 1 is 1.21 bits per heavy atom. The Morgan fingerprint density at radius 2 is 2.00 bits per heavy atom. The number of urea groups is 1. The molecule has 2 heterocycles. The van der Waals surface area contributed by atoms with Gasteiger partial charge in [-0.1, -0.05) is 35.3 Å². The molecule has 0 aliphatic heterocycles. The number of nitrogens with zero attached hydrogens (tertiary/aromatic N) is 3. The van der Waals surface area contributed by atoms with E-state index < -0.39 is 17.9 Å². The maximum Gasteiger partial charge on any atom is 0.433 e. The molecule has 152 valence electrons. The standard InChI is InChI=1S/C20H18BrF3N4O/c1-2-3-11-28(16-9-10-25-15-8-7-13(21)12-14(15)16)19(29)27-18-6-4-5-17(26-18)20(22,23)24/h4-10,12H,2-3,11H2,1H3,(H,26,27,29). The number of nitrogens with one attached hydrogen (secondary N) is 1. The quantitative estimate of drug-likeness (QED) is 0.483. The van der Waals surface area contributed by atoms with Crippen molar-refractivity contribution in [2.24, 2.45) is 0 Å². The molecule has 0 atom stereocenters. The molecular weight excluding hydrogens is 449 g/mol. The van der Waals surface area contributed by atoms with Gasteiger partial charge < -0.3 is 0 Å². The van der Waals surface area contributed by atoms with Gasteiger partial charge in [0.25, 0.3) is 0 Å². The van der Waals surface area contributed by atoms with E-state index >= 15 is 0 Å². The first kappa shape index (κ1) is 21.0. The normalized spacial score (nSPS) is 11.5. The lowest BCUT2D eigenvalue weighted by Crippen LogP contribution is -2.36. The Bertz CT molecular complexity index is 1030. The lowest BCUT2D eigenvalue weighted by molar-refractivity contribution is -0.141. The average Bonchev–Trinajstić information content (AvgIpc) is 2.68. The molecule has 0 unspecified atom stereocenters. The van der Waals surface area contributed by atoms with Crippen LogP contribution < -0.4 is 10.2 Å². The number of hydrogen-bond acceptors (Lipinski definition) is 3. The van der Waals surface area contributed by atoms with Crippen molar-refractivity contribution in [3.05, 3.63) is 58.8 Å². The van der Waals surface area contributed by atoms with Gasteiger partial charge in [-0.2, -0.15) is 13.2 Å². The molecule has 2 amide bonds. The van der Waals surface area contributed by atoms with Gasteiger partial charge in [0.2, 0.25) is 0 Å². The van der Waals surface area contributed by atoms with E-state index in [1.807, 2.05) is 25.1 Å². The molecule has 1 N–H and O–H groups in total. The number of alkyl halides is 3. The highest BCUT2D eigenvalue weighted by molar-refractivity contribution is 9.10. The summed E-state index contributed by atoms with van der Waals surface area (Å²) in [4.78, 5) is 22.3. The van der Waals surface area contributed by atoms with E-state index in [4.69, 9.17) is 0 Å². The molecule has 0 saturated carbocycles. The van der Waals surface area contributed by atoms with Crippen molar-refractivity contribution >= 4 is 44.4 Å². The van der Waals surface area contributed by atoms with Gasteiger partial charge in [0.1, 0.15) is 11.5 Å². The zero-order chi connectivity index (χ0) is 21.0. The molecule has 0 spiro atoms. The number of halogens is 4. The number of benzene rings is 1. The highest BCUT2D eigenvalue weighted by Crippen LogP contribution is 2.30. The molecule has 2 aromatic heterocycles. The molecule has 29 heavy (non-hydrogen) atoms. The largest absolute Gasteiger partial charge is 0.433 e. The summed E-state index contributed by atoms with van der Waals surface area (Å²) in [6.45, 7) is 2.39. The fourth-order valence-corrected chi connectivity index (χ4v) is 3.19.